The zero-order valence-corrected chi connectivity index (χ0v) is 12.3. The van der Waals surface area contributed by atoms with E-state index < -0.39 is 11.9 Å². The van der Waals surface area contributed by atoms with Crippen molar-refractivity contribution in [2.24, 2.45) is 7.05 Å². The average molecular weight is 308 g/mol. The highest BCUT2D eigenvalue weighted by Gasteiger charge is 2.15. The van der Waals surface area contributed by atoms with Gasteiger partial charge in [-0.3, -0.25) is 14.3 Å². The molecular formula is C14H14ClN3O3. The molecule has 0 spiro atoms. The highest BCUT2D eigenvalue weighted by molar-refractivity contribution is 6.30. The minimum atomic E-state index is -0.511. The number of carbonyl (C=O) groups is 2. The molecule has 0 saturated heterocycles. The molecule has 7 heteroatoms. The first-order valence-corrected chi connectivity index (χ1v) is 6.54. The second kappa shape index (κ2) is 6.41. The first kappa shape index (κ1) is 15.1. The lowest BCUT2D eigenvalue weighted by molar-refractivity contribution is -0.139. The third-order valence-corrected chi connectivity index (χ3v) is 3.13. The van der Waals surface area contributed by atoms with E-state index in [1.165, 1.54) is 11.8 Å². The average Bonchev–Trinajstić information content (AvgIpc) is 2.87. The fourth-order valence-electron chi connectivity index (χ4n) is 1.76. The summed E-state index contributed by atoms with van der Waals surface area (Å²) in [5.74, 6) is -0.904. The molecule has 0 unspecified atom stereocenters. The van der Waals surface area contributed by atoms with Crippen molar-refractivity contribution < 1.29 is 14.3 Å². The maximum absolute atomic E-state index is 12.0. The summed E-state index contributed by atoms with van der Waals surface area (Å²) in [6.45, 7) is -0.184. The van der Waals surface area contributed by atoms with Gasteiger partial charge in [-0.1, -0.05) is 23.7 Å². The summed E-state index contributed by atoms with van der Waals surface area (Å²) < 4.78 is 5.92. The fraction of sp³-hybridized carbons (Fsp3) is 0.214. The Morgan fingerprint density at radius 3 is 2.62 bits per heavy atom. The maximum atomic E-state index is 12.0. The Labute approximate surface area is 126 Å². The topological polar surface area (TPSA) is 73.2 Å². The molecule has 0 aliphatic carbocycles. The van der Waals surface area contributed by atoms with Crippen LogP contribution in [0.4, 0.5) is 0 Å². The molecule has 1 N–H and O–H groups in total. The minimum Gasteiger partial charge on any atom is -0.468 e. The summed E-state index contributed by atoms with van der Waals surface area (Å²) >= 11 is 5.84. The standard InChI is InChI=1S/C14H14ClN3O3/c1-18-12(14(20)16-8-13(19)21-2)7-11(17-18)9-3-5-10(15)6-4-9/h3-7H,8H2,1-2H3,(H,16,20). The third kappa shape index (κ3) is 3.61. The number of rotatable bonds is 4. The van der Waals surface area contributed by atoms with Gasteiger partial charge in [0.15, 0.2) is 0 Å². The number of methoxy groups -OCH3 is 1. The summed E-state index contributed by atoms with van der Waals surface area (Å²) in [5.41, 5.74) is 1.85. The van der Waals surface area contributed by atoms with Gasteiger partial charge < -0.3 is 10.1 Å². The van der Waals surface area contributed by atoms with Crippen LogP contribution in [0.5, 0.6) is 0 Å². The SMILES string of the molecule is COC(=O)CNC(=O)c1cc(-c2ccc(Cl)cc2)nn1C. The molecule has 0 saturated carbocycles. The van der Waals surface area contributed by atoms with E-state index >= 15 is 0 Å². The Hall–Kier alpha value is -2.34. The Bertz CT molecular complexity index is 665. The normalized spacial score (nSPS) is 10.2. The number of hydrogen-bond donors (Lipinski definition) is 1. The molecule has 1 amide bonds. The molecule has 0 bridgehead atoms. The van der Waals surface area contributed by atoms with Crippen molar-refractivity contribution in [1.82, 2.24) is 15.1 Å². The lowest BCUT2D eigenvalue weighted by atomic mass is 10.1. The second-order valence-electron chi connectivity index (χ2n) is 4.30. The molecule has 110 valence electrons. The van der Waals surface area contributed by atoms with Gasteiger partial charge in [0, 0.05) is 17.6 Å². The predicted molar refractivity (Wildman–Crippen MR) is 78.0 cm³/mol. The number of aromatic nitrogens is 2. The van der Waals surface area contributed by atoms with Crippen LogP contribution >= 0.6 is 11.6 Å². The number of ether oxygens (including phenoxy) is 1. The molecule has 21 heavy (non-hydrogen) atoms. The van der Waals surface area contributed by atoms with Crippen LogP contribution < -0.4 is 5.32 Å². The van der Waals surface area contributed by atoms with Crippen LogP contribution in [-0.4, -0.2) is 35.3 Å². The largest absolute Gasteiger partial charge is 0.468 e. The number of hydrogen-bond acceptors (Lipinski definition) is 4. The van der Waals surface area contributed by atoms with Gasteiger partial charge in [0.25, 0.3) is 5.91 Å². The summed E-state index contributed by atoms with van der Waals surface area (Å²) in [4.78, 5) is 23.0. The molecule has 0 aliphatic rings. The monoisotopic (exact) mass is 307 g/mol. The molecule has 6 nitrogen and oxygen atoms in total. The van der Waals surface area contributed by atoms with E-state index in [9.17, 15) is 9.59 Å². The Morgan fingerprint density at radius 1 is 1.33 bits per heavy atom. The lowest BCUT2D eigenvalue weighted by Gasteiger charge is -2.03. The Balaban J connectivity index is 2.17. The molecule has 0 atom stereocenters. The van der Waals surface area contributed by atoms with E-state index in [0.29, 0.717) is 16.4 Å². The zero-order valence-electron chi connectivity index (χ0n) is 11.6. The smallest absolute Gasteiger partial charge is 0.325 e. The predicted octanol–water partition coefficient (Wildman–Crippen LogP) is 1.64. The van der Waals surface area contributed by atoms with Crippen LogP contribution in [0.1, 0.15) is 10.5 Å². The van der Waals surface area contributed by atoms with Gasteiger partial charge in [-0.25, -0.2) is 0 Å². The molecule has 0 aliphatic heterocycles. The van der Waals surface area contributed by atoms with Crippen molar-refractivity contribution in [2.45, 2.75) is 0 Å². The van der Waals surface area contributed by atoms with E-state index in [1.54, 1.807) is 25.2 Å². The van der Waals surface area contributed by atoms with Crippen molar-refractivity contribution in [3.8, 4) is 11.3 Å². The lowest BCUT2D eigenvalue weighted by Crippen LogP contribution is -2.31. The number of amides is 1. The maximum Gasteiger partial charge on any atom is 0.325 e. The van der Waals surface area contributed by atoms with Gasteiger partial charge in [0.1, 0.15) is 12.2 Å². The molecule has 1 aromatic carbocycles. The fourth-order valence-corrected chi connectivity index (χ4v) is 1.88. The molecule has 1 heterocycles. The number of carbonyl (C=O) groups excluding carboxylic acids is 2. The molecule has 2 aromatic rings. The van der Waals surface area contributed by atoms with Crippen LogP contribution in [0.25, 0.3) is 11.3 Å². The van der Waals surface area contributed by atoms with Gasteiger partial charge >= 0.3 is 5.97 Å². The van der Waals surface area contributed by atoms with Gasteiger partial charge in [0.05, 0.1) is 12.8 Å². The zero-order chi connectivity index (χ0) is 15.4. The van der Waals surface area contributed by atoms with E-state index in [4.69, 9.17) is 11.6 Å². The summed E-state index contributed by atoms with van der Waals surface area (Å²) in [5, 5.41) is 7.37. The highest BCUT2D eigenvalue weighted by Crippen LogP contribution is 2.21. The first-order chi connectivity index (χ1) is 10.0. The van der Waals surface area contributed by atoms with Crippen molar-refractivity contribution in [1.29, 1.82) is 0 Å². The molecule has 0 radical (unpaired) electrons. The van der Waals surface area contributed by atoms with E-state index in [2.05, 4.69) is 15.2 Å². The molecule has 0 fully saturated rings. The molecule has 1 aromatic heterocycles. The van der Waals surface area contributed by atoms with E-state index in [0.717, 1.165) is 5.56 Å². The molecule has 2 rings (SSSR count). The van der Waals surface area contributed by atoms with Gasteiger partial charge in [-0.05, 0) is 18.2 Å². The number of halogens is 1. The van der Waals surface area contributed by atoms with Gasteiger partial charge in [0.2, 0.25) is 0 Å². The van der Waals surface area contributed by atoms with Crippen LogP contribution in [0.2, 0.25) is 5.02 Å². The molecular weight excluding hydrogens is 294 g/mol. The number of benzene rings is 1. The number of esters is 1. The van der Waals surface area contributed by atoms with Crippen molar-refractivity contribution in [3.05, 3.63) is 41.0 Å². The van der Waals surface area contributed by atoms with Crippen molar-refractivity contribution in [3.63, 3.8) is 0 Å². The second-order valence-corrected chi connectivity index (χ2v) is 4.74. The first-order valence-electron chi connectivity index (χ1n) is 6.16. The quantitative estimate of drug-likeness (QED) is 0.872. The van der Waals surface area contributed by atoms with Crippen LogP contribution in [0.3, 0.4) is 0 Å². The van der Waals surface area contributed by atoms with Gasteiger partial charge in [-0.15, -0.1) is 0 Å². The van der Waals surface area contributed by atoms with E-state index in [1.807, 2.05) is 12.1 Å². The van der Waals surface area contributed by atoms with Crippen molar-refractivity contribution in [2.75, 3.05) is 13.7 Å². The number of nitrogens with zero attached hydrogens (tertiary/aromatic N) is 2. The van der Waals surface area contributed by atoms with Crippen molar-refractivity contribution >= 4 is 23.5 Å². The Kier molecular flexibility index (Phi) is 4.59. The van der Waals surface area contributed by atoms with Crippen LogP contribution in [0, 0.1) is 0 Å². The minimum absolute atomic E-state index is 0.184. The van der Waals surface area contributed by atoms with E-state index in [-0.39, 0.29) is 6.54 Å². The third-order valence-electron chi connectivity index (χ3n) is 2.87. The number of nitrogens with one attached hydrogen (secondary N) is 1. The summed E-state index contributed by atoms with van der Waals surface area (Å²) in [7, 11) is 2.92. The Morgan fingerprint density at radius 2 is 2.00 bits per heavy atom. The van der Waals surface area contributed by atoms with Gasteiger partial charge in [-0.2, -0.15) is 5.10 Å². The van der Waals surface area contributed by atoms with Crippen LogP contribution in [0.15, 0.2) is 30.3 Å². The van der Waals surface area contributed by atoms with Crippen LogP contribution in [-0.2, 0) is 16.6 Å². The number of aryl methyl sites for hydroxylation is 1. The summed E-state index contributed by atoms with van der Waals surface area (Å²) in [6, 6.07) is 8.79. The summed E-state index contributed by atoms with van der Waals surface area (Å²) in [6.07, 6.45) is 0. The highest BCUT2D eigenvalue weighted by atomic mass is 35.5.